The molecule has 3 heterocycles. The van der Waals surface area contributed by atoms with Crippen molar-refractivity contribution in [1.82, 2.24) is 15.0 Å². The van der Waals surface area contributed by atoms with E-state index in [9.17, 15) is 13.2 Å². The van der Waals surface area contributed by atoms with E-state index in [2.05, 4.69) is 20.3 Å². The van der Waals surface area contributed by atoms with E-state index in [1.807, 2.05) is 0 Å². The summed E-state index contributed by atoms with van der Waals surface area (Å²) < 4.78 is 47.2. The molecule has 0 aromatic carbocycles. The van der Waals surface area contributed by atoms with Gasteiger partial charge in [-0.2, -0.15) is 13.2 Å². The molecule has 0 atom stereocenters. The number of fused-ring (bicyclic) bond motifs is 1. The predicted molar refractivity (Wildman–Crippen MR) is 103 cm³/mol. The van der Waals surface area contributed by atoms with E-state index in [1.54, 1.807) is 21.1 Å². The number of nitrogens with one attached hydrogen (secondary N) is 1. The summed E-state index contributed by atoms with van der Waals surface area (Å²) in [6.45, 7) is 2.22. The number of thiophene rings is 1. The van der Waals surface area contributed by atoms with Crippen molar-refractivity contribution in [2.24, 2.45) is 0 Å². The number of thioether (sulfide) groups is 1. The van der Waals surface area contributed by atoms with Crippen molar-refractivity contribution in [2.45, 2.75) is 17.3 Å². The third-order valence-corrected chi connectivity index (χ3v) is 6.10. The Morgan fingerprint density at radius 2 is 1.96 bits per heavy atom. The number of hydrogen-bond acceptors (Lipinski definition) is 7. The van der Waals surface area contributed by atoms with Crippen LogP contribution >= 0.6 is 23.1 Å². The normalized spacial score (nSPS) is 11.9. The summed E-state index contributed by atoms with van der Waals surface area (Å²) in [5, 5.41) is 3.00. The molecular formula is C17H17F3N4OS2. The number of anilines is 1. The lowest BCUT2D eigenvalue weighted by Crippen LogP contribution is -2.07. The maximum Gasteiger partial charge on any atom is 0.417 e. The van der Waals surface area contributed by atoms with Crippen LogP contribution in [0.25, 0.3) is 21.5 Å². The second-order valence-corrected chi connectivity index (χ2v) is 7.97. The molecule has 0 unspecified atom stereocenters. The van der Waals surface area contributed by atoms with Crippen molar-refractivity contribution in [3.05, 3.63) is 29.8 Å². The number of halogens is 3. The van der Waals surface area contributed by atoms with Crippen LogP contribution in [0.15, 0.2) is 22.7 Å². The largest absolute Gasteiger partial charge is 0.417 e. The second kappa shape index (κ2) is 7.99. The van der Waals surface area contributed by atoms with E-state index in [0.29, 0.717) is 34.3 Å². The van der Waals surface area contributed by atoms with Crippen molar-refractivity contribution >= 4 is 39.0 Å². The number of aromatic nitrogens is 3. The molecule has 3 rings (SSSR count). The maximum atomic E-state index is 13.8. The average molecular weight is 414 g/mol. The van der Waals surface area contributed by atoms with Crippen LogP contribution in [-0.2, 0) is 10.9 Å². The zero-order chi connectivity index (χ0) is 19.6. The number of pyridine rings is 1. The van der Waals surface area contributed by atoms with Crippen LogP contribution in [-0.4, -0.2) is 41.5 Å². The van der Waals surface area contributed by atoms with Gasteiger partial charge in [0.05, 0.1) is 27.8 Å². The topological polar surface area (TPSA) is 59.9 Å². The summed E-state index contributed by atoms with van der Waals surface area (Å²) in [4.78, 5) is 12.9. The highest BCUT2D eigenvalue weighted by atomic mass is 32.2. The Bertz CT molecular complexity index is 942. The van der Waals surface area contributed by atoms with E-state index in [-0.39, 0.29) is 11.1 Å². The minimum atomic E-state index is -4.51. The fourth-order valence-electron chi connectivity index (χ4n) is 2.52. The summed E-state index contributed by atoms with van der Waals surface area (Å²) in [5.74, 6) is 1.18. The summed E-state index contributed by atoms with van der Waals surface area (Å²) in [6.07, 6.45) is -1.54. The molecule has 0 saturated carbocycles. The average Bonchev–Trinajstić information content (AvgIpc) is 2.98. The zero-order valence-electron chi connectivity index (χ0n) is 14.8. The Kier molecular flexibility index (Phi) is 5.87. The Balaban J connectivity index is 2.20. The fraction of sp³-hybridized carbons (Fsp3) is 0.353. The standard InChI is InChI=1S/C17H17F3N4OS2/c1-9-22-7-10(8-23-9)12-6-11(17(18,19)20)13-14(21-2)16(26-5-4-25-3)27-15(13)24-12/h6-8,21H,4-5H2,1-3H3. The van der Waals surface area contributed by atoms with Gasteiger partial charge >= 0.3 is 6.18 Å². The van der Waals surface area contributed by atoms with E-state index < -0.39 is 11.7 Å². The summed E-state index contributed by atoms with van der Waals surface area (Å²) in [5.41, 5.74) is 0.373. The van der Waals surface area contributed by atoms with Gasteiger partial charge in [-0.15, -0.1) is 23.1 Å². The molecule has 0 fully saturated rings. The molecule has 0 amide bonds. The highest BCUT2D eigenvalue weighted by Gasteiger charge is 2.36. The third-order valence-electron chi connectivity index (χ3n) is 3.78. The third kappa shape index (κ3) is 4.17. The summed E-state index contributed by atoms with van der Waals surface area (Å²) in [7, 11) is 3.20. The number of rotatable bonds is 6. The van der Waals surface area contributed by atoms with Crippen LogP contribution in [0.3, 0.4) is 0 Å². The molecule has 0 aliphatic rings. The lowest BCUT2D eigenvalue weighted by atomic mass is 10.1. The van der Waals surface area contributed by atoms with Gasteiger partial charge in [0.25, 0.3) is 0 Å². The molecule has 27 heavy (non-hydrogen) atoms. The summed E-state index contributed by atoms with van der Waals surface area (Å²) >= 11 is 2.68. The van der Waals surface area contributed by atoms with E-state index in [0.717, 1.165) is 10.3 Å². The number of hydrogen-bond donors (Lipinski definition) is 1. The molecular weight excluding hydrogens is 397 g/mol. The first-order valence-electron chi connectivity index (χ1n) is 7.98. The van der Waals surface area contributed by atoms with E-state index >= 15 is 0 Å². The highest BCUT2D eigenvalue weighted by molar-refractivity contribution is 8.01. The van der Waals surface area contributed by atoms with Gasteiger partial charge in [-0.1, -0.05) is 0 Å². The maximum absolute atomic E-state index is 13.8. The summed E-state index contributed by atoms with van der Waals surface area (Å²) in [6, 6.07) is 1.06. The SMILES string of the molecule is CNc1c(SCCOC)sc2nc(-c3cnc(C)nc3)cc(C(F)(F)F)c12. The van der Waals surface area contributed by atoms with Gasteiger partial charge in [0.15, 0.2) is 0 Å². The molecule has 1 N–H and O–H groups in total. The number of ether oxygens (including phenoxy) is 1. The highest BCUT2D eigenvalue weighted by Crippen LogP contribution is 2.47. The predicted octanol–water partition coefficient (Wildman–Crippen LogP) is 4.86. The Labute approximate surface area is 162 Å². The van der Waals surface area contributed by atoms with Gasteiger partial charge in [-0.25, -0.2) is 15.0 Å². The molecule has 0 spiro atoms. The lowest BCUT2D eigenvalue weighted by molar-refractivity contribution is -0.136. The van der Waals surface area contributed by atoms with Gasteiger partial charge in [-0.3, -0.25) is 0 Å². The van der Waals surface area contributed by atoms with Gasteiger partial charge in [0.1, 0.15) is 10.7 Å². The van der Waals surface area contributed by atoms with Crippen LogP contribution in [0.4, 0.5) is 18.9 Å². The van der Waals surface area contributed by atoms with Crippen molar-refractivity contribution < 1.29 is 17.9 Å². The van der Waals surface area contributed by atoms with E-state index in [1.165, 1.54) is 35.5 Å². The molecule has 0 aliphatic heterocycles. The van der Waals surface area contributed by atoms with Crippen molar-refractivity contribution in [3.8, 4) is 11.3 Å². The van der Waals surface area contributed by atoms with Crippen molar-refractivity contribution in [2.75, 3.05) is 31.8 Å². The fourth-order valence-corrected chi connectivity index (χ4v) is 4.97. The molecule has 10 heteroatoms. The Morgan fingerprint density at radius 3 is 2.56 bits per heavy atom. The lowest BCUT2D eigenvalue weighted by Gasteiger charge is -2.12. The minimum Gasteiger partial charge on any atom is -0.386 e. The zero-order valence-corrected chi connectivity index (χ0v) is 16.5. The number of alkyl halides is 3. The smallest absolute Gasteiger partial charge is 0.386 e. The number of methoxy groups -OCH3 is 1. The number of nitrogens with zero attached hydrogens (tertiary/aromatic N) is 3. The number of aryl methyl sites for hydroxylation is 1. The van der Waals surface area contributed by atoms with Gasteiger partial charge < -0.3 is 10.1 Å². The van der Waals surface area contributed by atoms with Gasteiger partial charge in [0, 0.05) is 43.3 Å². The van der Waals surface area contributed by atoms with Gasteiger partial charge in [-0.05, 0) is 13.0 Å². The molecule has 0 aliphatic carbocycles. The van der Waals surface area contributed by atoms with Crippen molar-refractivity contribution in [1.29, 1.82) is 0 Å². The first-order valence-corrected chi connectivity index (χ1v) is 9.78. The van der Waals surface area contributed by atoms with Gasteiger partial charge in [0.2, 0.25) is 0 Å². The molecule has 0 bridgehead atoms. The Morgan fingerprint density at radius 1 is 1.26 bits per heavy atom. The molecule has 0 saturated heterocycles. The molecule has 3 aromatic heterocycles. The minimum absolute atomic E-state index is 0.0895. The molecule has 144 valence electrons. The monoisotopic (exact) mass is 414 g/mol. The first kappa shape index (κ1) is 19.8. The molecule has 3 aromatic rings. The molecule has 0 radical (unpaired) electrons. The van der Waals surface area contributed by atoms with Crippen molar-refractivity contribution in [3.63, 3.8) is 0 Å². The second-order valence-electron chi connectivity index (χ2n) is 5.61. The first-order chi connectivity index (χ1) is 12.8. The van der Waals surface area contributed by atoms with E-state index in [4.69, 9.17) is 4.74 Å². The van der Waals surface area contributed by atoms with Crippen LogP contribution < -0.4 is 5.32 Å². The van der Waals surface area contributed by atoms with Crippen LogP contribution in [0.5, 0.6) is 0 Å². The Hall–Kier alpha value is -1.91. The quantitative estimate of drug-likeness (QED) is 0.459. The van der Waals surface area contributed by atoms with Crippen LogP contribution in [0, 0.1) is 6.92 Å². The van der Waals surface area contributed by atoms with Crippen LogP contribution in [0.2, 0.25) is 0 Å². The van der Waals surface area contributed by atoms with Crippen LogP contribution in [0.1, 0.15) is 11.4 Å². The molecule has 5 nitrogen and oxygen atoms in total.